The third kappa shape index (κ3) is 2.48. The van der Waals surface area contributed by atoms with Crippen molar-refractivity contribution in [1.29, 1.82) is 0 Å². The SMILES string of the molecule is CC(=O)Oc1cccc2c1C(=O)[C@H]1C[C@@H]3O[C@@]34CC(C)(C)[C@@H]3O[C@]3(OC(C)=O)[C@H]4[C@@]1(Br)C2=O. The van der Waals surface area contributed by atoms with Gasteiger partial charge in [0.2, 0.25) is 5.79 Å². The van der Waals surface area contributed by atoms with Crippen molar-refractivity contribution in [1.82, 2.24) is 0 Å². The summed E-state index contributed by atoms with van der Waals surface area (Å²) in [7, 11) is 0. The molecule has 0 aromatic heterocycles. The van der Waals surface area contributed by atoms with Gasteiger partial charge in [0, 0.05) is 30.7 Å². The Bertz CT molecular complexity index is 1170. The number of hydrogen-bond donors (Lipinski definition) is 0. The maximum absolute atomic E-state index is 14.1. The normalized spacial score (nSPS) is 43.2. The number of esters is 2. The molecule has 0 amide bonds. The van der Waals surface area contributed by atoms with Gasteiger partial charge < -0.3 is 18.9 Å². The predicted octanol–water partition coefficient (Wildman–Crippen LogP) is 2.99. The predicted molar refractivity (Wildman–Crippen MR) is 115 cm³/mol. The summed E-state index contributed by atoms with van der Waals surface area (Å²) in [4.78, 5) is 51.7. The summed E-state index contributed by atoms with van der Waals surface area (Å²) >= 11 is 3.73. The van der Waals surface area contributed by atoms with Crippen LogP contribution in [0.4, 0.5) is 0 Å². The van der Waals surface area contributed by atoms with E-state index in [1.165, 1.54) is 19.9 Å². The van der Waals surface area contributed by atoms with Crippen molar-refractivity contribution >= 4 is 39.4 Å². The Morgan fingerprint density at radius 1 is 1.12 bits per heavy atom. The molecule has 0 radical (unpaired) electrons. The number of halogens is 1. The molecule has 0 N–H and O–H groups in total. The van der Waals surface area contributed by atoms with E-state index in [4.69, 9.17) is 18.9 Å². The standard InChI is InChI=1S/C24H23BrO8/c1-10(26)30-14-7-5-6-12-16(14)17(28)13-8-15-22(32-15)9-21(3,4)20-24(33-20,31-11(2)27)19(22)23(13,25)18(12)29/h5-7,13,15,19-20H,8-9H2,1-4H3/t13-,15+,19-,20+,22+,23+,24-/m1/s1. The number of carbonyl (C=O) groups is 4. The molecule has 9 heteroatoms. The largest absolute Gasteiger partial charge is 0.430 e. The van der Waals surface area contributed by atoms with Crippen molar-refractivity contribution < 1.29 is 38.1 Å². The molecule has 6 rings (SSSR count). The highest BCUT2D eigenvalue weighted by Gasteiger charge is 2.90. The summed E-state index contributed by atoms with van der Waals surface area (Å²) in [6.45, 7) is 6.62. The molecule has 7 atom stereocenters. The Labute approximate surface area is 198 Å². The average Bonchev–Trinajstić information content (AvgIpc) is 3.58. The highest BCUT2D eigenvalue weighted by Crippen LogP contribution is 2.76. The number of ketones is 2. The van der Waals surface area contributed by atoms with Gasteiger partial charge in [-0.2, -0.15) is 0 Å². The summed E-state index contributed by atoms with van der Waals surface area (Å²) in [5.74, 6) is -4.51. The number of Topliss-reactive ketones (excluding diaryl/α,β-unsaturated/α-hetero) is 2. The molecule has 1 aromatic rings. The lowest BCUT2D eigenvalue weighted by atomic mass is 9.51. The van der Waals surface area contributed by atoms with Crippen LogP contribution < -0.4 is 4.74 Å². The molecular weight excluding hydrogens is 496 g/mol. The van der Waals surface area contributed by atoms with Crippen LogP contribution in [0.15, 0.2) is 18.2 Å². The first-order valence-electron chi connectivity index (χ1n) is 11.0. The minimum Gasteiger partial charge on any atom is -0.430 e. The van der Waals surface area contributed by atoms with Crippen LogP contribution >= 0.6 is 15.9 Å². The fourth-order valence-electron chi connectivity index (χ4n) is 6.99. The number of benzene rings is 1. The van der Waals surface area contributed by atoms with Crippen LogP contribution in [0, 0.1) is 17.3 Å². The van der Waals surface area contributed by atoms with Gasteiger partial charge in [0.05, 0.1) is 17.6 Å². The fraction of sp³-hybridized carbons (Fsp3) is 0.583. The van der Waals surface area contributed by atoms with E-state index >= 15 is 0 Å². The molecule has 0 bridgehead atoms. The maximum atomic E-state index is 14.1. The number of fused-ring (bicyclic) bond motifs is 5. The van der Waals surface area contributed by atoms with E-state index in [9.17, 15) is 19.2 Å². The summed E-state index contributed by atoms with van der Waals surface area (Å²) in [5, 5.41) is 0. The zero-order valence-corrected chi connectivity index (χ0v) is 20.2. The number of hydrogen-bond acceptors (Lipinski definition) is 8. The van der Waals surface area contributed by atoms with Gasteiger partial charge in [-0.25, -0.2) is 0 Å². The summed E-state index contributed by atoms with van der Waals surface area (Å²) < 4.78 is 22.1. The lowest BCUT2D eigenvalue weighted by molar-refractivity contribution is -0.172. The highest BCUT2D eigenvalue weighted by molar-refractivity contribution is 9.10. The summed E-state index contributed by atoms with van der Waals surface area (Å²) in [5.41, 5.74) is -0.815. The second kappa shape index (κ2) is 6.12. The second-order valence-corrected chi connectivity index (χ2v) is 11.8. The minimum absolute atomic E-state index is 0.0708. The Morgan fingerprint density at radius 2 is 1.85 bits per heavy atom. The van der Waals surface area contributed by atoms with Gasteiger partial charge in [-0.15, -0.1) is 0 Å². The number of carbonyl (C=O) groups excluding carboxylic acids is 4. The molecule has 2 aliphatic heterocycles. The monoisotopic (exact) mass is 518 g/mol. The first-order chi connectivity index (χ1) is 15.4. The smallest absolute Gasteiger partial charge is 0.308 e. The van der Waals surface area contributed by atoms with Crippen molar-refractivity contribution in [2.24, 2.45) is 17.3 Å². The molecule has 2 saturated carbocycles. The van der Waals surface area contributed by atoms with Crippen molar-refractivity contribution in [2.75, 3.05) is 0 Å². The molecule has 33 heavy (non-hydrogen) atoms. The number of alkyl halides is 1. The molecule has 3 aliphatic carbocycles. The van der Waals surface area contributed by atoms with Gasteiger partial charge in [0.1, 0.15) is 21.8 Å². The Balaban J connectivity index is 1.54. The second-order valence-electron chi connectivity index (χ2n) is 10.5. The minimum atomic E-state index is -1.39. The fourth-order valence-corrected chi connectivity index (χ4v) is 8.30. The molecule has 174 valence electrons. The molecule has 1 spiro atoms. The van der Waals surface area contributed by atoms with Crippen molar-refractivity contribution in [2.45, 2.75) is 68.5 Å². The van der Waals surface area contributed by atoms with Gasteiger partial charge in [-0.1, -0.05) is 41.9 Å². The van der Waals surface area contributed by atoms with E-state index in [0.29, 0.717) is 12.8 Å². The molecule has 4 fully saturated rings. The van der Waals surface area contributed by atoms with Gasteiger partial charge in [0.15, 0.2) is 11.6 Å². The van der Waals surface area contributed by atoms with Gasteiger partial charge in [0.25, 0.3) is 0 Å². The van der Waals surface area contributed by atoms with Crippen LogP contribution in [-0.4, -0.2) is 51.4 Å². The third-order valence-electron chi connectivity index (χ3n) is 7.91. The summed E-state index contributed by atoms with van der Waals surface area (Å²) in [6.07, 6.45) is 0.260. The molecule has 2 saturated heterocycles. The highest BCUT2D eigenvalue weighted by atomic mass is 79.9. The quantitative estimate of drug-likeness (QED) is 0.254. The van der Waals surface area contributed by atoms with Crippen LogP contribution in [0.25, 0.3) is 0 Å². The van der Waals surface area contributed by atoms with E-state index in [0.717, 1.165) is 0 Å². The molecule has 5 aliphatic rings. The van der Waals surface area contributed by atoms with Crippen LogP contribution in [0.2, 0.25) is 0 Å². The van der Waals surface area contributed by atoms with Crippen molar-refractivity contribution in [3.05, 3.63) is 29.3 Å². The molecule has 2 heterocycles. The Morgan fingerprint density at radius 3 is 2.52 bits per heavy atom. The van der Waals surface area contributed by atoms with Gasteiger partial charge in [-0.05, 0) is 18.9 Å². The van der Waals surface area contributed by atoms with E-state index < -0.39 is 45.6 Å². The molecule has 0 unspecified atom stereocenters. The zero-order valence-electron chi connectivity index (χ0n) is 18.6. The summed E-state index contributed by atoms with van der Waals surface area (Å²) in [6, 6.07) is 4.65. The van der Waals surface area contributed by atoms with Crippen LogP contribution in [0.3, 0.4) is 0 Å². The third-order valence-corrected chi connectivity index (χ3v) is 9.28. The van der Waals surface area contributed by atoms with Crippen LogP contribution in [-0.2, 0) is 23.8 Å². The average molecular weight is 519 g/mol. The number of epoxide rings is 2. The molecular formula is C24H23BrO8. The topological polar surface area (TPSA) is 112 Å². The van der Waals surface area contributed by atoms with Gasteiger partial charge >= 0.3 is 11.9 Å². The number of rotatable bonds is 2. The Kier molecular flexibility index (Phi) is 3.97. The Hall–Kier alpha value is -2.10. The lowest BCUT2D eigenvalue weighted by Crippen LogP contribution is -2.68. The lowest BCUT2D eigenvalue weighted by Gasteiger charge is -2.52. The van der Waals surface area contributed by atoms with Crippen LogP contribution in [0.5, 0.6) is 5.75 Å². The molecule has 1 aromatic carbocycles. The van der Waals surface area contributed by atoms with E-state index in [2.05, 4.69) is 15.9 Å². The van der Waals surface area contributed by atoms with Crippen molar-refractivity contribution in [3.63, 3.8) is 0 Å². The molecule has 8 nitrogen and oxygen atoms in total. The first kappa shape index (κ1) is 21.4. The van der Waals surface area contributed by atoms with E-state index in [-0.39, 0.29) is 40.0 Å². The zero-order chi connectivity index (χ0) is 23.7. The van der Waals surface area contributed by atoms with E-state index in [1.54, 1.807) is 12.1 Å². The van der Waals surface area contributed by atoms with E-state index in [1.807, 2.05) is 13.8 Å². The number of ether oxygens (including phenoxy) is 4. The first-order valence-corrected chi connectivity index (χ1v) is 11.8. The maximum Gasteiger partial charge on any atom is 0.308 e. The van der Waals surface area contributed by atoms with Crippen molar-refractivity contribution in [3.8, 4) is 5.75 Å². The van der Waals surface area contributed by atoms with Crippen LogP contribution in [0.1, 0.15) is 61.3 Å². The van der Waals surface area contributed by atoms with Gasteiger partial charge in [-0.3, -0.25) is 19.2 Å².